The molecule has 3 heterocycles. The number of benzene rings is 1. The number of rotatable bonds is 9. The summed E-state index contributed by atoms with van der Waals surface area (Å²) >= 11 is 0. The lowest BCUT2D eigenvalue weighted by Crippen LogP contribution is -2.54. The maximum absolute atomic E-state index is 13.6. The zero-order valence-electron chi connectivity index (χ0n) is 22.1. The van der Waals surface area contributed by atoms with Crippen molar-refractivity contribution >= 4 is 17.6 Å². The maximum atomic E-state index is 13.6. The second-order valence-electron chi connectivity index (χ2n) is 10.5. The van der Waals surface area contributed by atoms with Crippen LogP contribution in [0.3, 0.4) is 0 Å². The molecule has 0 spiro atoms. The number of hydrogen-bond acceptors (Lipinski definition) is 6. The molecule has 3 fully saturated rings. The number of ketones is 1. The average Bonchev–Trinajstić information content (AvgIpc) is 3.47. The van der Waals surface area contributed by atoms with Crippen LogP contribution in [0.4, 0.5) is 0 Å². The second kappa shape index (κ2) is 11.8. The van der Waals surface area contributed by atoms with E-state index in [9.17, 15) is 14.4 Å². The largest absolute Gasteiger partial charge is 0.377 e. The predicted molar refractivity (Wildman–Crippen MR) is 137 cm³/mol. The number of likely N-dealkylation sites (tertiary alicyclic amines) is 2. The molecule has 5 atom stereocenters. The first-order chi connectivity index (χ1) is 17.4. The van der Waals surface area contributed by atoms with Crippen molar-refractivity contribution in [3.8, 4) is 0 Å². The van der Waals surface area contributed by atoms with Crippen LogP contribution < -0.4 is 5.32 Å². The minimum atomic E-state index is -0.727. The number of amides is 2. The van der Waals surface area contributed by atoms with E-state index in [1.54, 1.807) is 12.0 Å². The number of Topliss-reactive ketones (excluding diaryl/α,β-unsaturated/α-hetero) is 1. The first-order valence-corrected chi connectivity index (χ1v) is 13.5. The van der Waals surface area contributed by atoms with Crippen LogP contribution in [0, 0.1) is 5.92 Å². The van der Waals surface area contributed by atoms with Crippen molar-refractivity contribution in [1.29, 1.82) is 0 Å². The monoisotopic (exact) mass is 499 g/mol. The fourth-order valence-electron chi connectivity index (χ4n) is 5.85. The smallest absolute Gasteiger partial charge is 0.251 e. The molecule has 36 heavy (non-hydrogen) atoms. The third-order valence-electron chi connectivity index (χ3n) is 8.26. The van der Waals surface area contributed by atoms with Gasteiger partial charge in [-0.25, -0.2) is 0 Å². The summed E-state index contributed by atoms with van der Waals surface area (Å²) in [5.74, 6) is -0.204. The first kappa shape index (κ1) is 26.8. The SMILES string of the molecule is CCCN1CCC(c2ccc(C(=O)N[C@H](C(=O)N3C[C@@H](OC)[C@H]4OCC(=O)[C@H]43)[C@@H](C)CC)cc2)CC1. The highest BCUT2D eigenvalue weighted by atomic mass is 16.5. The minimum absolute atomic E-state index is 0.0106. The van der Waals surface area contributed by atoms with Gasteiger partial charge in [-0.1, -0.05) is 39.3 Å². The Labute approximate surface area is 214 Å². The molecule has 4 rings (SSSR count). The number of carbonyl (C=O) groups excluding carboxylic acids is 3. The first-order valence-electron chi connectivity index (χ1n) is 13.5. The number of nitrogens with zero attached hydrogens (tertiary/aromatic N) is 2. The van der Waals surface area contributed by atoms with Crippen LogP contribution in [-0.2, 0) is 19.1 Å². The average molecular weight is 500 g/mol. The third-order valence-corrected chi connectivity index (χ3v) is 8.26. The minimum Gasteiger partial charge on any atom is -0.377 e. The standard InChI is InChI=1S/C28H41N3O5/c1-5-13-30-14-11-20(12-15-30)19-7-9-21(10-8-19)27(33)29-24(18(3)6-2)28(34)31-16-23(35-4)26-25(31)22(32)17-36-26/h7-10,18,20,23-26H,5-6,11-17H2,1-4H3,(H,29,33)/t18-,23+,24-,25+,26+/m0/s1. The van der Waals surface area contributed by atoms with Gasteiger partial charge < -0.3 is 24.6 Å². The summed E-state index contributed by atoms with van der Waals surface area (Å²) in [7, 11) is 1.56. The molecule has 3 saturated heterocycles. The van der Waals surface area contributed by atoms with Crippen LogP contribution in [0.1, 0.15) is 68.3 Å². The Hall–Kier alpha value is -2.29. The maximum Gasteiger partial charge on any atom is 0.251 e. The highest BCUT2D eigenvalue weighted by Crippen LogP contribution is 2.31. The Morgan fingerprint density at radius 1 is 1.17 bits per heavy atom. The number of ether oxygens (including phenoxy) is 2. The molecule has 8 heteroatoms. The van der Waals surface area contributed by atoms with Gasteiger partial charge in [-0.2, -0.15) is 0 Å². The summed E-state index contributed by atoms with van der Waals surface area (Å²) in [6.45, 7) is 9.83. The molecule has 3 aliphatic rings. The molecule has 3 aliphatic heterocycles. The van der Waals surface area contributed by atoms with Gasteiger partial charge in [0.05, 0.1) is 6.54 Å². The zero-order valence-corrected chi connectivity index (χ0v) is 22.1. The molecule has 8 nitrogen and oxygen atoms in total. The Bertz CT molecular complexity index is 928. The molecule has 2 amide bonds. The Morgan fingerprint density at radius 2 is 1.86 bits per heavy atom. The van der Waals surface area contributed by atoms with Crippen LogP contribution in [0.2, 0.25) is 0 Å². The number of fused-ring (bicyclic) bond motifs is 1. The molecule has 1 aromatic rings. The number of carbonyl (C=O) groups is 3. The van der Waals surface area contributed by atoms with Gasteiger partial charge in [0.2, 0.25) is 5.91 Å². The van der Waals surface area contributed by atoms with E-state index in [-0.39, 0.29) is 42.8 Å². The molecular formula is C28H41N3O5. The topological polar surface area (TPSA) is 88.2 Å². The zero-order chi connectivity index (χ0) is 25.8. The van der Waals surface area contributed by atoms with Crippen LogP contribution in [0.5, 0.6) is 0 Å². The van der Waals surface area contributed by atoms with Gasteiger partial charge in [0.1, 0.15) is 30.9 Å². The van der Waals surface area contributed by atoms with E-state index in [0.29, 0.717) is 17.9 Å². The Kier molecular flexibility index (Phi) is 8.80. The van der Waals surface area contributed by atoms with Crippen LogP contribution in [0.25, 0.3) is 0 Å². The van der Waals surface area contributed by atoms with Crippen molar-refractivity contribution in [2.75, 3.05) is 39.9 Å². The van der Waals surface area contributed by atoms with Gasteiger partial charge in [-0.3, -0.25) is 14.4 Å². The molecule has 1 aromatic carbocycles. The molecule has 0 saturated carbocycles. The number of piperidine rings is 1. The van der Waals surface area contributed by atoms with Gasteiger partial charge in [-0.05, 0) is 68.4 Å². The highest BCUT2D eigenvalue weighted by molar-refractivity contribution is 5.99. The molecule has 0 radical (unpaired) electrons. The second-order valence-corrected chi connectivity index (χ2v) is 10.5. The van der Waals surface area contributed by atoms with Gasteiger partial charge in [0.15, 0.2) is 5.78 Å². The predicted octanol–water partition coefficient (Wildman–Crippen LogP) is 2.61. The highest BCUT2D eigenvalue weighted by Gasteiger charge is 2.53. The third kappa shape index (κ3) is 5.50. The van der Waals surface area contributed by atoms with E-state index in [4.69, 9.17) is 9.47 Å². The molecular weight excluding hydrogens is 458 g/mol. The van der Waals surface area contributed by atoms with Crippen LogP contribution in [0.15, 0.2) is 24.3 Å². The summed E-state index contributed by atoms with van der Waals surface area (Å²) in [5, 5.41) is 2.98. The van der Waals surface area contributed by atoms with Crippen molar-refractivity contribution < 1.29 is 23.9 Å². The summed E-state index contributed by atoms with van der Waals surface area (Å²) in [5.41, 5.74) is 1.81. The molecule has 0 bridgehead atoms. The quantitative estimate of drug-likeness (QED) is 0.562. The summed E-state index contributed by atoms with van der Waals surface area (Å²) in [6.07, 6.45) is 3.39. The fraction of sp³-hybridized carbons (Fsp3) is 0.679. The van der Waals surface area contributed by atoms with E-state index in [1.807, 2.05) is 26.0 Å². The van der Waals surface area contributed by atoms with Gasteiger partial charge in [0, 0.05) is 12.7 Å². The Balaban J connectivity index is 1.42. The summed E-state index contributed by atoms with van der Waals surface area (Å²) in [4.78, 5) is 43.4. The summed E-state index contributed by atoms with van der Waals surface area (Å²) < 4.78 is 11.1. The molecule has 0 aliphatic carbocycles. The van der Waals surface area contributed by atoms with Crippen molar-refractivity contribution in [1.82, 2.24) is 15.1 Å². The number of nitrogens with one attached hydrogen (secondary N) is 1. The van der Waals surface area contributed by atoms with Gasteiger partial charge in [0.25, 0.3) is 5.91 Å². The van der Waals surface area contributed by atoms with Crippen molar-refractivity contribution in [3.05, 3.63) is 35.4 Å². The van der Waals surface area contributed by atoms with E-state index in [1.165, 1.54) is 12.0 Å². The number of methoxy groups -OCH3 is 1. The lowest BCUT2D eigenvalue weighted by Gasteiger charge is -2.32. The number of hydrogen-bond donors (Lipinski definition) is 1. The molecule has 198 valence electrons. The lowest BCUT2D eigenvalue weighted by molar-refractivity contribution is -0.139. The molecule has 1 N–H and O–H groups in total. The lowest BCUT2D eigenvalue weighted by atomic mass is 9.89. The summed E-state index contributed by atoms with van der Waals surface area (Å²) in [6, 6.07) is 6.46. The van der Waals surface area contributed by atoms with Crippen molar-refractivity contribution in [2.24, 2.45) is 5.92 Å². The molecule has 0 unspecified atom stereocenters. The van der Waals surface area contributed by atoms with E-state index in [2.05, 4.69) is 29.3 Å². The van der Waals surface area contributed by atoms with E-state index in [0.717, 1.165) is 32.5 Å². The van der Waals surface area contributed by atoms with Gasteiger partial charge in [-0.15, -0.1) is 0 Å². The Morgan fingerprint density at radius 3 is 2.47 bits per heavy atom. The van der Waals surface area contributed by atoms with Crippen molar-refractivity contribution in [2.45, 2.75) is 76.7 Å². The van der Waals surface area contributed by atoms with Crippen LogP contribution in [-0.4, -0.2) is 91.6 Å². The van der Waals surface area contributed by atoms with Gasteiger partial charge >= 0.3 is 0 Å². The fourth-order valence-corrected chi connectivity index (χ4v) is 5.85. The van der Waals surface area contributed by atoms with E-state index >= 15 is 0 Å². The van der Waals surface area contributed by atoms with Crippen molar-refractivity contribution in [3.63, 3.8) is 0 Å². The molecule has 0 aromatic heterocycles. The normalized spacial score (nSPS) is 26.6. The van der Waals surface area contributed by atoms with Crippen LogP contribution >= 0.6 is 0 Å². The van der Waals surface area contributed by atoms with E-state index < -0.39 is 18.2 Å².